The van der Waals surface area contributed by atoms with Crippen LogP contribution in [0.15, 0.2) is 36.4 Å². The number of benzene rings is 2. The lowest BCUT2D eigenvalue weighted by molar-refractivity contribution is -0.116. The van der Waals surface area contributed by atoms with Gasteiger partial charge in [-0.15, -0.1) is 5.10 Å². The molecule has 1 amide bonds. The average Bonchev–Trinajstić information content (AvgIpc) is 2.97. The van der Waals surface area contributed by atoms with Gasteiger partial charge in [-0.1, -0.05) is 5.21 Å². The molecule has 3 aromatic rings. The summed E-state index contributed by atoms with van der Waals surface area (Å²) >= 11 is 0. The number of rotatable bonds is 5. The van der Waals surface area contributed by atoms with Crippen molar-refractivity contribution >= 4 is 28.6 Å². The van der Waals surface area contributed by atoms with Crippen LogP contribution in [0.25, 0.3) is 11.0 Å². The number of aromatic nitrogens is 3. The highest BCUT2D eigenvalue weighted by atomic mass is 16.5. The molecule has 7 nitrogen and oxygen atoms in total. The summed E-state index contributed by atoms with van der Waals surface area (Å²) in [5, 5.41) is 11.0. The van der Waals surface area contributed by atoms with E-state index in [1.165, 1.54) is 0 Å². The van der Waals surface area contributed by atoms with E-state index in [9.17, 15) is 9.59 Å². The first-order valence-corrected chi connectivity index (χ1v) is 8.75. The molecule has 0 aliphatic heterocycles. The lowest BCUT2D eigenvalue weighted by Gasteiger charge is -2.09. The minimum absolute atomic E-state index is 0.0517. The molecule has 0 saturated carbocycles. The Balaban J connectivity index is 1.68. The fourth-order valence-corrected chi connectivity index (χ4v) is 2.65. The largest absolute Gasteiger partial charge is 0.459 e. The monoisotopic (exact) mass is 366 g/mol. The van der Waals surface area contributed by atoms with E-state index >= 15 is 0 Å². The maximum absolute atomic E-state index is 12.3. The molecule has 0 radical (unpaired) electrons. The predicted octanol–water partition coefficient (Wildman–Crippen LogP) is 3.25. The van der Waals surface area contributed by atoms with E-state index in [1.54, 1.807) is 42.8 Å². The van der Waals surface area contributed by atoms with Gasteiger partial charge in [0.1, 0.15) is 12.1 Å². The first-order valence-electron chi connectivity index (χ1n) is 8.75. The number of fused-ring (bicyclic) bond motifs is 1. The number of carbonyl (C=O) groups excluding carboxylic acids is 2. The molecule has 140 valence electrons. The van der Waals surface area contributed by atoms with Crippen molar-refractivity contribution < 1.29 is 14.3 Å². The smallest absolute Gasteiger partial charge is 0.338 e. The van der Waals surface area contributed by atoms with Gasteiger partial charge in [-0.05, 0) is 75.2 Å². The Morgan fingerprint density at radius 1 is 1.11 bits per heavy atom. The van der Waals surface area contributed by atoms with Crippen molar-refractivity contribution in [3.05, 3.63) is 53.1 Å². The molecule has 0 unspecified atom stereocenters. The summed E-state index contributed by atoms with van der Waals surface area (Å²) in [4.78, 5) is 24.2. The molecule has 1 heterocycles. The van der Waals surface area contributed by atoms with Gasteiger partial charge in [-0.2, -0.15) is 0 Å². The zero-order valence-electron chi connectivity index (χ0n) is 15.8. The Hall–Kier alpha value is -3.22. The third kappa shape index (κ3) is 4.31. The summed E-state index contributed by atoms with van der Waals surface area (Å²) in [6.45, 7) is 7.67. The summed E-state index contributed by atoms with van der Waals surface area (Å²) in [6.07, 6.45) is -0.179. The van der Waals surface area contributed by atoms with Crippen molar-refractivity contribution in [3.63, 3.8) is 0 Å². The standard InChI is InChI=1S/C20H22N4O3/c1-12(2)27-20(26)15-5-7-16(8-6-15)21-19(25)11-24-18-10-14(4)13(3)9-17(18)22-23-24/h5-10,12H,11H2,1-4H3,(H,21,25). The van der Waals surface area contributed by atoms with Gasteiger partial charge in [0.25, 0.3) is 0 Å². The second-order valence-electron chi connectivity index (χ2n) is 6.75. The first-order chi connectivity index (χ1) is 12.8. The van der Waals surface area contributed by atoms with E-state index in [2.05, 4.69) is 15.6 Å². The van der Waals surface area contributed by atoms with Gasteiger partial charge in [0.05, 0.1) is 17.2 Å². The summed E-state index contributed by atoms with van der Waals surface area (Å²) in [6, 6.07) is 10.5. The normalized spacial score (nSPS) is 11.0. The minimum atomic E-state index is -0.386. The van der Waals surface area contributed by atoms with Gasteiger partial charge in [-0.25, -0.2) is 9.48 Å². The van der Waals surface area contributed by atoms with Crippen LogP contribution >= 0.6 is 0 Å². The molecule has 1 aromatic heterocycles. The van der Waals surface area contributed by atoms with E-state index < -0.39 is 0 Å². The Bertz CT molecular complexity index is 990. The zero-order valence-corrected chi connectivity index (χ0v) is 15.8. The highest BCUT2D eigenvalue weighted by molar-refractivity contribution is 5.93. The average molecular weight is 366 g/mol. The number of nitrogens with one attached hydrogen (secondary N) is 1. The Morgan fingerprint density at radius 3 is 2.44 bits per heavy atom. The molecule has 0 aliphatic carbocycles. The summed E-state index contributed by atoms with van der Waals surface area (Å²) in [5.74, 6) is -0.611. The van der Waals surface area contributed by atoms with Crippen molar-refractivity contribution in [1.29, 1.82) is 0 Å². The number of amides is 1. The van der Waals surface area contributed by atoms with E-state index in [0.29, 0.717) is 11.3 Å². The highest BCUT2D eigenvalue weighted by Crippen LogP contribution is 2.17. The molecule has 1 N–H and O–H groups in total. The Kier molecular flexibility index (Phi) is 5.21. The van der Waals surface area contributed by atoms with Crippen molar-refractivity contribution in [2.24, 2.45) is 0 Å². The van der Waals surface area contributed by atoms with Crippen molar-refractivity contribution in [2.45, 2.75) is 40.3 Å². The molecule has 0 saturated heterocycles. The molecule has 3 rings (SSSR count). The number of hydrogen-bond acceptors (Lipinski definition) is 5. The van der Waals surface area contributed by atoms with E-state index in [4.69, 9.17) is 4.74 Å². The fourth-order valence-electron chi connectivity index (χ4n) is 2.65. The minimum Gasteiger partial charge on any atom is -0.459 e. The number of anilines is 1. The predicted molar refractivity (Wildman–Crippen MR) is 103 cm³/mol. The van der Waals surface area contributed by atoms with Crippen LogP contribution in [0.2, 0.25) is 0 Å². The second-order valence-corrected chi connectivity index (χ2v) is 6.75. The van der Waals surface area contributed by atoms with Crippen LogP contribution in [0.4, 0.5) is 5.69 Å². The molecule has 0 bridgehead atoms. The van der Waals surface area contributed by atoms with Crippen LogP contribution in [0.1, 0.15) is 35.3 Å². The number of nitrogens with zero attached hydrogens (tertiary/aromatic N) is 3. The Morgan fingerprint density at radius 2 is 1.78 bits per heavy atom. The van der Waals surface area contributed by atoms with Crippen LogP contribution in [-0.2, 0) is 16.1 Å². The number of hydrogen-bond donors (Lipinski definition) is 1. The Labute approximate surface area is 157 Å². The SMILES string of the molecule is Cc1cc2nnn(CC(=O)Nc3ccc(C(=O)OC(C)C)cc3)c2cc1C. The molecule has 0 aliphatic rings. The topological polar surface area (TPSA) is 86.1 Å². The molecular formula is C20H22N4O3. The van der Waals surface area contributed by atoms with Crippen molar-refractivity contribution in [3.8, 4) is 0 Å². The second kappa shape index (κ2) is 7.57. The number of ether oxygens (including phenoxy) is 1. The van der Waals surface area contributed by atoms with E-state index in [0.717, 1.165) is 22.2 Å². The summed E-state index contributed by atoms with van der Waals surface area (Å²) in [7, 11) is 0. The molecule has 0 atom stereocenters. The van der Waals surface area contributed by atoms with Gasteiger partial charge < -0.3 is 10.1 Å². The maximum atomic E-state index is 12.3. The van der Waals surface area contributed by atoms with Crippen molar-refractivity contribution in [1.82, 2.24) is 15.0 Å². The lowest BCUT2D eigenvalue weighted by atomic mass is 10.1. The summed E-state index contributed by atoms with van der Waals surface area (Å²) < 4.78 is 6.72. The molecule has 27 heavy (non-hydrogen) atoms. The van der Waals surface area contributed by atoms with Gasteiger partial charge in [0.15, 0.2) is 0 Å². The fraction of sp³-hybridized carbons (Fsp3) is 0.300. The van der Waals surface area contributed by atoms with E-state index in [1.807, 2.05) is 26.0 Å². The van der Waals surface area contributed by atoms with Crippen LogP contribution in [0.5, 0.6) is 0 Å². The van der Waals surface area contributed by atoms with Crippen LogP contribution in [-0.4, -0.2) is 33.0 Å². The highest BCUT2D eigenvalue weighted by Gasteiger charge is 2.12. The number of aryl methyl sites for hydroxylation is 2. The van der Waals surface area contributed by atoms with Crippen molar-refractivity contribution in [2.75, 3.05) is 5.32 Å². The van der Waals surface area contributed by atoms with Crippen LogP contribution in [0, 0.1) is 13.8 Å². The summed E-state index contributed by atoms with van der Waals surface area (Å²) in [5.41, 5.74) is 4.87. The van der Waals surface area contributed by atoms with Gasteiger partial charge >= 0.3 is 5.97 Å². The molecule has 2 aromatic carbocycles. The maximum Gasteiger partial charge on any atom is 0.338 e. The molecule has 0 fully saturated rings. The third-order valence-corrected chi connectivity index (χ3v) is 4.17. The van der Waals surface area contributed by atoms with Gasteiger partial charge in [0, 0.05) is 5.69 Å². The van der Waals surface area contributed by atoms with Gasteiger partial charge in [0.2, 0.25) is 5.91 Å². The quantitative estimate of drug-likeness (QED) is 0.701. The number of esters is 1. The molecular weight excluding hydrogens is 344 g/mol. The first kappa shape index (κ1) is 18.6. The number of carbonyl (C=O) groups is 2. The molecule has 7 heteroatoms. The third-order valence-electron chi connectivity index (χ3n) is 4.17. The lowest BCUT2D eigenvalue weighted by Crippen LogP contribution is -2.19. The van der Waals surface area contributed by atoms with Crippen LogP contribution < -0.4 is 5.32 Å². The zero-order chi connectivity index (χ0) is 19.6. The van der Waals surface area contributed by atoms with Crippen LogP contribution in [0.3, 0.4) is 0 Å². The molecule has 0 spiro atoms. The van der Waals surface area contributed by atoms with E-state index in [-0.39, 0.29) is 24.5 Å². The van der Waals surface area contributed by atoms with Gasteiger partial charge in [-0.3, -0.25) is 4.79 Å².